The Labute approximate surface area is 194 Å². The number of hydrogen-bond acceptors (Lipinski definition) is 3. The highest BCUT2D eigenvalue weighted by Gasteiger charge is 2.40. The molecule has 0 aliphatic heterocycles. The van der Waals surface area contributed by atoms with Gasteiger partial charge in [-0.25, -0.2) is 0 Å². The van der Waals surface area contributed by atoms with Crippen molar-refractivity contribution in [1.29, 1.82) is 0 Å². The van der Waals surface area contributed by atoms with E-state index in [0.29, 0.717) is 25.8 Å². The summed E-state index contributed by atoms with van der Waals surface area (Å²) in [6, 6.07) is 0. The summed E-state index contributed by atoms with van der Waals surface area (Å²) in [7, 11) is 0. The van der Waals surface area contributed by atoms with Crippen LogP contribution in [0.25, 0.3) is 0 Å². The third-order valence-corrected chi connectivity index (χ3v) is 6.49. The number of aliphatic carboxylic acids is 3. The Morgan fingerprint density at radius 3 is 1.34 bits per heavy atom. The Balaban J connectivity index is 5.74. The van der Waals surface area contributed by atoms with E-state index in [1.54, 1.807) is 0 Å². The first-order chi connectivity index (χ1) is 15.2. The van der Waals surface area contributed by atoms with Gasteiger partial charge in [-0.05, 0) is 38.5 Å². The fourth-order valence-electron chi connectivity index (χ4n) is 4.34. The van der Waals surface area contributed by atoms with Crippen molar-refractivity contribution in [2.45, 2.75) is 85.5 Å². The summed E-state index contributed by atoms with van der Waals surface area (Å²) in [5.74, 6) is -4.60. The topological polar surface area (TPSA) is 112 Å². The number of nitrogens with zero attached hydrogens (tertiary/aromatic N) is 1. The maximum Gasteiger partial charge on any atom is 0.312 e. The maximum atomic E-state index is 11.8. The van der Waals surface area contributed by atoms with Crippen LogP contribution in [-0.2, 0) is 14.4 Å². The molecule has 186 valence electrons. The molecule has 0 radical (unpaired) electrons. The van der Waals surface area contributed by atoms with Gasteiger partial charge in [0.15, 0.2) is 0 Å². The summed E-state index contributed by atoms with van der Waals surface area (Å²) in [4.78, 5) is 35.5. The number of quaternary nitrogens is 1. The highest BCUT2D eigenvalue weighted by Crippen LogP contribution is 2.25. The lowest BCUT2D eigenvalue weighted by molar-refractivity contribution is -0.935. The lowest BCUT2D eigenvalue weighted by Gasteiger charge is -2.43. The molecule has 0 amide bonds. The standard InChI is InChI=1S/C25H45NO6/c1-5-9-10-11-12-13-14-15-16-26(17-20(6-2)23(27)28,18-21(7-3)24(29)30)19-22(8-4)25(31)32/h12-13,20-22H,5-11,14-19H2,1-4H3,(H2-,27,28,29,30,31,32)/p+1/b13-12+. The van der Waals surface area contributed by atoms with E-state index in [4.69, 9.17) is 0 Å². The molecule has 0 rings (SSSR count). The molecule has 0 aliphatic carbocycles. The van der Waals surface area contributed by atoms with E-state index >= 15 is 0 Å². The summed E-state index contributed by atoms with van der Waals surface area (Å²) in [5.41, 5.74) is 0. The zero-order chi connectivity index (χ0) is 24.6. The third kappa shape index (κ3) is 11.7. The van der Waals surface area contributed by atoms with Crippen LogP contribution in [0.4, 0.5) is 0 Å². The quantitative estimate of drug-likeness (QED) is 0.134. The lowest BCUT2D eigenvalue weighted by Crippen LogP contribution is -2.58. The molecule has 7 nitrogen and oxygen atoms in total. The second-order valence-electron chi connectivity index (χ2n) is 9.05. The minimum atomic E-state index is -0.905. The fourth-order valence-corrected chi connectivity index (χ4v) is 4.34. The zero-order valence-electron chi connectivity index (χ0n) is 20.6. The van der Waals surface area contributed by atoms with Crippen LogP contribution < -0.4 is 0 Å². The van der Waals surface area contributed by atoms with Crippen LogP contribution in [0.2, 0.25) is 0 Å². The van der Waals surface area contributed by atoms with E-state index in [1.165, 1.54) is 12.8 Å². The van der Waals surface area contributed by atoms with Crippen LogP contribution in [-0.4, -0.2) is 63.9 Å². The number of carboxylic acids is 3. The molecule has 3 N–H and O–H groups in total. The summed E-state index contributed by atoms with van der Waals surface area (Å²) in [6.45, 7) is 8.99. The molecule has 0 saturated heterocycles. The third-order valence-electron chi connectivity index (χ3n) is 6.49. The Kier molecular flexibility index (Phi) is 15.7. The molecule has 0 fully saturated rings. The molecule has 0 spiro atoms. The predicted octanol–water partition coefficient (Wildman–Crippen LogP) is 5.05. The summed E-state index contributed by atoms with van der Waals surface area (Å²) >= 11 is 0. The van der Waals surface area contributed by atoms with E-state index in [-0.39, 0.29) is 24.1 Å². The molecule has 3 unspecified atom stereocenters. The highest BCUT2D eigenvalue weighted by molar-refractivity contribution is 5.71. The normalized spacial score (nSPS) is 16.4. The maximum absolute atomic E-state index is 11.8. The Bertz CT molecular complexity index is 529. The Morgan fingerprint density at radius 2 is 1.03 bits per heavy atom. The van der Waals surface area contributed by atoms with Gasteiger partial charge >= 0.3 is 17.9 Å². The van der Waals surface area contributed by atoms with Gasteiger partial charge in [-0.1, -0.05) is 52.7 Å². The van der Waals surface area contributed by atoms with Gasteiger partial charge in [-0.3, -0.25) is 14.4 Å². The van der Waals surface area contributed by atoms with Gasteiger partial charge in [0.2, 0.25) is 0 Å². The number of rotatable bonds is 20. The van der Waals surface area contributed by atoms with Crippen molar-refractivity contribution in [2.24, 2.45) is 17.8 Å². The van der Waals surface area contributed by atoms with Gasteiger partial charge in [0.25, 0.3) is 0 Å². The molecule has 0 aromatic rings. The highest BCUT2D eigenvalue weighted by atomic mass is 16.4. The Hall–Kier alpha value is -1.89. The molecule has 0 saturated carbocycles. The minimum absolute atomic E-state index is 0.226. The molecule has 3 atom stereocenters. The van der Waals surface area contributed by atoms with Crippen LogP contribution in [0, 0.1) is 17.8 Å². The van der Waals surface area contributed by atoms with E-state index in [0.717, 1.165) is 25.7 Å². The second kappa shape index (κ2) is 16.7. The molecule has 0 aromatic heterocycles. The molecule has 0 bridgehead atoms. The first-order valence-corrected chi connectivity index (χ1v) is 12.3. The average Bonchev–Trinajstić information content (AvgIpc) is 2.75. The monoisotopic (exact) mass is 456 g/mol. The molecular formula is C25H46NO6+. The van der Waals surface area contributed by atoms with Crippen LogP contribution >= 0.6 is 0 Å². The number of allylic oxidation sites excluding steroid dienone is 2. The molecule has 0 aliphatic rings. The van der Waals surface area contributed by atoms with Crippen LogP contribution in [0.15, 0.2) is 12.2 Å². The molecule has 0 heterocycles. The zero-order valence-corrected chi connectivity index (χ0v) is 20.6. The molecular weight excluding hydrogens is 410 g/mol. The van der Waals surface area contributed by atoms with E-state index in [1.807, 2.05) is 20.8 Å². The van der Waals surface area contributed by atoms with Crippen molar-refractivity contribution in [2.75, 3.05) is 26.2 Å². The SMILES string of the molecule is CCCCC/C=C/CCC[N+](CC(CC)C(=O)O)(CC(CC)C(=O)O)CC(CC)C(=O)O. The largest absolute Gasteiger partial charge is 0.481 e. The second-order valence-corrected chi connectivity index (χ2v) is 9.05. The number of hydrogen-bond donors (Lipinski definition) is 3. The van der Waals surface area contributed by atoms with Crippen molar-refractivity contribution in [3.63, 3.8) is 0 Å². The average molecular weight is 457 g/mol. The smallest absolute Gasteiger partial charge is 0.312 e. The van der Waals surface area contributed by atoms with Crippen molar-refractivity contribution in [3.8, 4) is 0 Å². The van der Waals surface area contributed by atoms with Gasteiger partial charge in [-0.15, -0.1) is 0 Å². The summed E-state index contributed by atoms with van der Waals surface area (Å²) in [5, 5.41) is 29.1. The first-order valence-electron chi connectivity index (χ1n) is 12.3. The van der Waals surface area contributed by atoms with Gasteiger partial charge in [0.1, 0.15) is 17.8 Å². The Morgan fingerprint density at radius 1 is 0.656 bits per heavy atom. The number of carboxylic acid groups (broad SMARTS) is 3. The van der Waals surface area contributed by atoms with Gasteiger partial charge in [-0.2, -0.15) is 0 Å². The number of carbonyl (C=O) groups is 3. The van der Waals surface area contributed by atoms with Gasteiger partial charge in [0, 0.05) is 6.42 Å². The van der Waals surface area contributed by atoms with Crippen LogP contribution in [0.5, 0.6) is 0 Å². The van der Waals surface area contributed by atoms with Crippen molar-refractivity contribution in [3.05, 3.63) is 12.2 Å². The van der Waals surface area contributed by atoms with Crippen molar-refractivity contribution >= 4 is 17.9 Å². The van der Waals surface area contributed by atoms with Gasteiger partial charge in [0.05, 0.1) is 26.2 Å². The van der Waals surface area contributed by atoms with Crippen LogP contribution in [0.3, 0.4) is 0 Å². The molecule has 0 aromatic carbocycles. The van der Waals surface area contributed by atoms with Crippen molar-refractivity contribution in [1.82, 2.24) is 0 Å². The van der Waals surface area contributed by atoms with Crippen LogP contribution in [0.1, 0.15) is 85.5 Å². The summed E-state index contributed by atoms with van der Waals surface area (Å²) < 4.78 is 0.226. The molecule has 7 heteroatoms. The van der Waals surface area contributed by atoms with E-state index in [9.17, 15) is 29.7 Å². The predicted molar refractivity (Wildman–Crippen MR) is 126 cm³/mol. The number of unbranched alkanes of at least 4 members (excludes halogenated alkanes) is 4. The summed E-state index contributed by atoms with van der Waals surface area (Å²) in [6.07, 6.45) is 11.8. The van der Waals surface area contributed by atoms with Gasteiger partial charge < -0.3 is 19.8 Å². The van der Waals surface area contributed by atoms with E-state index < -0.39 is 35.7 Å². The van der Waals surface area contributed by atoms with Crippen molar-refractivity contribution < 1.29 is 34.2 Å². The fraction of sp³-hybridized carbons (Fsp3) is 0.800. The molecule has 32 heavy (non-hydrogen) atoms. The minimum Gasteiger partial charge on any atom is -0.481 e. The first kappa shape index (κ1) is 30.1. The van der Waals surface area contributed by atoms with E-state index in [2.05, 4.69) is 19.1 Å². The lowest BCUT2D eigenvalue weighted by atomic mass is 9.95.